The van der Waals surface area contributed by atoms with Gasteiger partial charge in [0.2, 0.25) is 5.88 Å². The lowest BCUT2D eigenvalue weighted by Crippen LogP contribution is -2.25. The van der Waals surface area contributed by atoms with Gasteiger partial charge in [0.15, 0.2) is 0 Å². The molecule has 1 aromatic heterocycles. The van der Waals surface area contributed by atoms with Crippen LogP contribution in [-0.2, 0) is 5.54 Å². The number of hydrogen-bond acceptors (Lipinski definition) is 4. The molecule has 146 valence electrons. The molecule has 0 aliphatic rings. The third-order valence-corrected chi connectivity index (χ3v) is 5.50. The zero-order valence-corrected chi connectivity index (χ0v) is 18.1. The van der Waals surface area contributed by atoms with Crippen molar-refractivity contribution in [3.8, 4) is 5.88 Å². The van der Waals surface area contributed by atoms with Gasteiger partial charge in [0.1, 0.15) is 0 Å². The molecule has 28 heavy (non-hydrogen) atoms. The summed E-state index contributed by atoms with van der Waals surface area (Å²) in [6, 6.07) is 15.7. The van der Waals surface area contributed by atoms with E-state index in [0.717, 1.165) is 21.0 Å². The number of nitrogens with zero attached hydrogens (tertiary/aromatic N) is 2. The first-order valence-electron chi connectivity index (χ1n) is 9.28. The molecular formula is C23H26N2O2S. The number of carbonyl (C=O) groups excluding carboxylic acids is 1. The van der Waals surface area contributed by atoms with Gasteiger partial charge in [-0.25, -0.2) is 9.48 Å². The lowest BCUT2D eigenvalue weighted by atomic mass is 10.1. The number of carbonyl (C=O) groups is 1. The van der Waals surface area contributed by atoms with E-state index >= 15 is 0 Å². The van der Waals surface area contributed by atoms with Crippen LogP contribution in [0.15, 0.2) is 58.3 Å². The molecule has 2 aromatic carbocycles. The largest absolute Gasteiger partial charge is 0.403 e. The van der Waals surface area contributed by atoms with Gasteiger partial charge in [-0.3, -0.25) is 0 Å². The molecule has 0 aliphatic carbocycles. The second kappa shape index (κ2) is 7.84. The highest BCUT2D eigenvalue weighted by atomic mass is 32.2. The first kappa shape index (κ1) is 20.2. The van der Waals surface area contributed by atoms with E-state index < -0.39 is 0 Å². The van der Waals surface area contributed by atoms with Crippen molar-refractivity contribution >= 4 is 17.7 Å². The minimum absolute atomic E-state index is 0.320. The Morgan fingerprint density at radius 1 is 0.929 bits per heavy atom. The maximum absolute atomic E-state index is 12.8. The quantitative estimate of drug-likeness (QED) is 0.514. The van der Waals surface area contributed by atoms with Crippen molar-refractivity contribution in [3.63, 3.8) is 0 Å². The lowest BCUT2D eigenvalue weighted by Gasteiger charge is -2.22. The summed E-state index contributed by atoms with van der Waals surface area (Å²) in [4.78, 5) is 14.7. The second-order valence-electron chi connectivity index (χ2n) is 7.97. The van der Waals surface area contributed by atoms with Gasteiger partial charge >= 0.3 is 5.97 Å². The first-order chi connectivity index (χ1) is 13.1. The number of esters is 1. The van der Waals surface area contributed by atoms with E-state index in [0.29, 0.717) is 11.4 Å². The van der Waals surface area contributed by atoms with Gasteiger partial charge in [0, 0.05) is 4.90 Å². The molecule has 4 nitrogen and oxygen atoms in total. The van der Waals surface area contributed by atoms with Crippen LogP contribution < -0.4 is 4.74 Å². The van der Waals surface area contributed by atoms with Crippen LogP contribution >= 0.6 is 11.8 Å². The predicted octanol–water partition coefficient (Wildman–Crippen LogP) is 5.93. The lowest BCUT2D eigenvalue weighted by molar-refractivity contribution is 0.0704. The number of benzene rings is 2. The number of aromatic nitrogens is 2. The predicted molar refractivity (Wildman–Crippen MR) is 113 cm³/mol. The van der Waals surface area contributed by atoms with Crippen LogP contribution in [0.1, 0.15) is 48.0 Å². The molecule has 0 unspecified atom stereocenters. The topological polar surface area (TPSA) is 44.1 Å². The number of ether oxygens (including phenoxy) is 1. The molecule has 5 heteroatoms. The van der Waals surface area contributed by atoms with Crippen LogP contribution in [0.2, 0.25) is 0 Å². The third-order valence-electron chi connectivity index (χ3n) is 4.32. The fourth-order valence-electron chi connectivity index (χ4n) is 2.71. The molecule has 0 saturated carbocycles. The fourth-order valence-corrected chi connectivity index (χ4v) is 3.63. The van der Waals surface area contributed by atoms with Crippen LogP contribution in [-0.4, -0.2) is 15.7 Å². The summed E-state index contributed by atoms with van der Waals surface area (Å²) in [7, 11) is 0. The molecule has 0 saturated heterocycles. The average Bonchev–Trinajstić information content (AvgIpc) is 2.94. The van der Waals surface area contributed by atoms with Crippen molar-refractivity contribution < 1.29 is 9.53 Å². The summed E-state index contributed by atoms with van der Waals surface area (Å²) >= 11 is 1.57. The van der Waals surface area contributed by atoms with E-state index in [-0.39, 0.29) is 11.5 Å². The van der Waals surface area contributed by atoms with Crippen LogP contribution in [0.5, 0.6) is 5.88 Å². The molecule has 0 N–H and O–H groups in total. The highest BCUT2D eigenvalue weighted by Crippen LogP contribution is 2.40. The van der Waals surface area contributed by atoms with Gasteiger partial charge < -0.3 is 4.74 Å². The zero-order valence-electron chi connectivity index (χ0n) is 17.2. The maximum atomic E-state index is 12.8. The Balaban J connectivity index is 2.00. The highest BCUT2D eigenvalue weighted by molar-refractivity contribution is 7.99. The SMILES string of the molecule is Cc1ccc(Sc2c(C)nn(C(C)(C)C)c2OC(=O)c2ccc(C)cc2)cc1. The van der Waals surface area contributed by atoms with E-state index in [1.807, 2.05) is 46.8 Å². The Morgan fingerprint density at radius 3 is 2.00 bits per heavy atom. The number of aryl methyl sites for hydroxylation is 3. The van der Waals surface area contributed by atoms with Gasteiger partial charge in [0.25, 0.3) is 0 Å². The number of rotatable bonds is 4. The minimum Gasteiger partial charge on any atom is -0.403 e. The third kappa shape index (κ3) is 4.47. The molecular weight excluding hydrogens is 368 g/mol. The van der Waals surface area contributed by atoms with Crippen LogP contribution in [0.25, 0.3) is 0 Å². The smallest absolute Gasteiger partial charge is 0.344 e. The van der Waals surface area contributed by atoms with Gasteiger partial charge in [-0.05, 0) is 65.8 Å². The van der Waals surface area contributed by atoms with Crippen LogP contribution in [0.3, 0.4) is 0 Å². The standard InChI is InChI=1S/C23H26N2O2S/c1-15-7-11-18(12-8-15)22(26)27-21-20(17(3)24-25(21)23(4,5)6)28-19-13-9-16(2)10-14-19/h7-14H,1-6H3. The Hall–Kier alpha value is -2.53. The molecule has 0 atom stereocenters. The zero-order chi connectivity index (χ0) is 20.5. The van der Waals surface area contributed by atoms with Crippen LogP contribution in [0, 0.1) is 20.8 Å². The van der Waals surface area contributed by atoms with E-state index in [4.69, 9.17) is 4.74 Å². The minimum atomic E-state index is -0.379. The van der Waals surface area contributed by atoms with Crippen molar-refractivity contribution in [2.24, 2.45) is 0 Å². The number of hydrogen-bond donors (Lipinski definition) is 0. The molecule has 0 amide bonds. The van der Waals surface area contributed by atoms with E-state index in [1.165, 1.54) is 5.56 Å². The summed E-state index contributed by atoms with van der Waals surface area (Å²) in [5.41, 5.74) is 3.35. The van der Waals surface area contributed by atoms with E-state index in [1.54, 1.807) is 28.6 Å². The summed E-state index contributed by atoms with van der Waals surface area (Å²) in [6.45, 7) is 12.1. The Morgan fingerprint density at radius 2 is 1.46 bits per heavy atom. The van der Waals surface area contributed by atoms with E-state index in [2.05, 4.69) is 36.3 Å². The first-order valence-corrected chi connectivity index (χ1v) is 10.1. The Bertz CT molecular complexity index is 981. The van der Waals surface area contributed by atoms with Crippen LogP contribution in [0.4, 0.5) is 0 Å². The average molecular weight is 395 g/mol. The molecule has 3 aromatic rings. The highest BCUT2D eigenvalue weighted by Gasteiger charge is 2.27. The molecule has 0 spiro atoms. The fraction of sp³-hybridized carbons (Fsp3) is 0.304. The molecule has 0 radical (unpaired) electrons. The second-order valence-corrected chi connectivity index (χ2v) is 9.06. The maximum Gasteiger partial charge on any atom is 0.344 e. The molecule has 0 bridgehead atoms. The van der Waals surface area contributed by atoms with Crippen molar-refractivity contribution in [1.82, 2.24) is 9.78 Å². The Labute approximate surface area is 170 Å². The summed E-state index contributed by atoms with van der Waals surface area (Å²) in [5.74, 6) is 0.109. The van der Waals surface area contributed by atoms with Gasteiger partial charge in [-0.1, -0.05) is 47.2 Å². The molecule has 0 fully saturated rings. The molecule has 1 heterocycles. The monoisotopic (exact) mass is 394 g/mol. The normalized spacial score (nSPS) is 11.5. The summed E-state index contributed by atoms with van der Waals surface area (Å²) in [5, 5.41) is 4.68. The van der Waals surface area contributed by atoms with Crippen molar-refractivity contribution in [2.75, 3.05) is 0 Å². The van der Waals surface area contributed by atoms with E-state index in [9.17, 15) is 4.79 Å². The molecule has 0 aliphatic heterocycles. The summed E-state index contributed by atoms with van der Waals surface area (Å²) in [6.07, 6.45) is 0. The molecule has 3 rings (SSSR count). The van der Waals surface area contributed by atoms with Gasteiger partial charge in [-0.15, -0.1) is 0 Å². The van der Waals surface area contributed by atoms with Gasteiger partial charge in [0.05, 0.1) is 21.7 Å². The Kier molecular flexibility index (Phi) is 5.66. The van der Waals surface area contributed by atoms with Crippen molar-refractivity contribution in [2.45, 2.75) is 56.9 Å². The summed E-state index contributed by atoms with van der Waals surface area (Å²) < 4.78 is 7.68. The van der Waals surface area contributed by atoms with Crippen molar-refractivity contribution in [3.05, 3.63) is 70.9 Å². The van der Waals surface area contributed by atoms with Gasteiger partial charge in [-0.2, -0.15) is 5.10 Å². The van der Waals surface area contributed by atoms with Crippen molar-refractivity contribution in [1.29, 1.82) is 0 Å².